The standard InChI is InChI=1S/C20H36O7Si/c1-17(2,3)28(6,7)27-14-10-12-11-19(24)18(4,26-15(12)22)9-8-13(21)20(14,19)16(23)25-5/h12-15,21-22,24H,8-11H2,1-7H3/t12-,13+,14-,15-,18+,19-,20+/m1/s1. The molecule has 3 fully saturated rings. The second kappa shape index (κ2) is 6.49. The second-order valence-corrected chi connectivity index (χ2v) is 15.3. The molecule has 3 rings (SSSR count). The first-order chi connectivity index (χ1) is 12.7. The molecule has 2 aliphatic carbocycles. The van der Waals surface area contributed by atoms with Crippen molar-refractivity contribution >= 4 is 14.3 Å². The van der Waals surface area contributed by atoms with Crippen molar-refractivity contribution in [2.45, 2.75) is 101 Å². The minimum absolute atomic E-state index is 0.127. The number of esters is 1. The number of methoxy groups -OCH3 is 1. The Labute approximate surface area is 168 Å². The maximum Gasteiger partial charge on any atom is 0.320 e. The van der Waals surface area contributed by atoms with Crippen molar-refractivity contribution in [3.8, 4) is 0 Å². The quantitative estimate of drug-likeness (QED) is 0.477. The molecule has 2 saturated carbocycles. The average Bonchev–Trinajstić information content (AvgIpc) is 2.55. The van der Waals surface area contributed by atoms with E-state index in [0.717, 1.165) is 0 Å². The number of hydrogen-bond donors (Lipinski definition) is 3. The molecular formula is C20H36O7Si. The summed E-state index contributed by atoms with van der Waals surface area (Å²) in [4.78, 5) is 13.3. The molecule has 3 N–H and O–H groups in total. The van der Waals surface area contributed by atoms with Gasteiger partial charge < -0.3 is 29.2 Å². The van der Waals surface area contributed by atoms with E-state index in [1.165, 1.54) is 7.11 Å². The number of carbonyl (C=O) groups excluding carboxylic acids is 1. The van der Waals surface area contributed by atoms with E-state index in [-0.39, 0.29) is 23.8 Å². The maximum absolute atomic E-state index is 13.3. The van der Waals surface area contributed by atoms with Gasteiger partial charge in [-0.25, -0.2) is 0 Å². The van der Waals surface area contributed by atoms with E-state index in [1.54, 1.807) is 6.92 Å². The fourth-order valence-corrected chi connectivity index (χ4v) is 6.71. The summed E-state index contributed by atoms with van der Waals surface area (Å²) in [6.07, 6.45) is -1.86. The number of ether oxygens (including phenoxy) is 2. The van der Waals surface area contributed by atoms with Crippen molar-refractivity contribution in [1.82, 2.24) is 0 Å². The Morgan fingerprint density at radius 1 is 1.25 bits per heavy atom. The van der Waals surface area contributed by atoms with Crippen LogP contribution >= 0.6 is 0 Å². The molecule has 28 heavy (non-hydrogen) atoms. The monoisotopic (exact) mass is 416 g/mol. The Bertz CT molecular complexity index is 647. The van der Waals surface area contributed by atoms with E-state index >= 15 is 0 Å². The smallest absolute Gasteiger partial charge is 0.320 e. The summed E-state index contributed by atoms with van der Waals surface area (Å²) >= 11 is 0. The van der Waals surface area contributed by atoms with Gasteiger partial charge in [-0.3, -0.25) is 4.79 Å². The SMILES string of the molecule is COC(=O)[C@]12[C@@H](O)CC[C@]3(C)O[C@@H](O)[C@H](C[C@H]1O[Si](C)(C)C(C)(C)C)C[C@]23O. The Morgan fingerprint density at radius 2 is 1.86 bits per heavy atom. The molecular weight excluding hydrogens is 380 g/mol. The maximum atomic E-state index is 13.3. The van der Waals surface area contributed by atoms with Crippen molar-refractivity contribution < 1.29 is 34.0 Å². The lowest BCUT2D eigenvalue weighted by Crippen LogP contribution is -2.82. The molecule has 1 aliphatic heterocycles. The summed E-state index contributed by atoms with van der Waals surface area (Å²) in [5.74, 6) is -1.05. The lowest BCUT2D eigenvalue weighted by Gasteiger charge is -2.68. The van der Waals surface area contributed by atoms with Gasteiger partial charge in [-0.1, -0.05) is 20.8 Å². The molecule has 1 heterocycles. The Hall–Kier alpha value is -0.513. The molecule has 7 nitrogen and oxygen atoms in total. The van der Waals surface area contributed by atoms with Crippen LogP contribution in [-0.2, 0) is 18.7 Å². The fourth-order valence-electron chi connectivity index (χ4n) is 5.36. The van der Waals surface area contributed by atoms with Gasteiger partial charge in [-0.05, 0) is 50.7 Å². The third-order valence-corrected chi connectivity index (χ3v) is 12.6. The van der Waals surface area contributed by atoms with Gasteiger partial charge in [0.2, 0.25) is 0 Å². The second-order valence-electron chi connectivity index (χ2n) is 10.6. The number of fused-ring (bicyclic) bond motifs is 1. The Morgan fingerprint density at radius 3 is 2.39 bits per heavy atom. The highest BCUT2D eigenvalue weighted by atomic mass is 28.4. The van der Waals surface area contributed by atoms with Gasteiger partial charge in [-0.15, -0.1) is 0 Å². The van der Waals surface area contributed by atoms with Gasteiger partial charge in [0.25, 0.3) is 0 Å². The molecule has 0 unspecified atom stereocenters. The summed E-state index contributed by atoms with van der Waals surface area (Å²) in [7, 11) is -1.09. The first-order valence-electron chi connectivity index (χ1n) is 10.2. The van der Waals surface area contributed by atoms with Gasteiger partial charge in [-0.2, -0.15) is 0 Å². The minimum Gasteiger partial charge on any atom is -0.468 e. The van der Waals surface area contributed by atoms with E-state index < -0.39 is 49.4 Å². The van der Waals surface area contributed by atoms with E-state index in [2.05, 4.69) is 33.9 Å². The molecule has 1 saturated heterocycles. The zero-order valence-electron chi connectivity index (χ0n) is 18.1. The van der Waals surface area contributed by atoms with E-state index in [0.29, 0.717) is 12.8 Å². The molecule has 7 atom stereocenters. The Balaban J connectivity index is 2.19. The molecule has 3 aliphatic rings. The van der Waals surface area contributed by atoms with Crippen molar-refractivity contribution in [3.63, 3.8) is 0 Å². The first kappa shape index (κ1) is 22.2. The summed E-state index contributed by atoms with van der Waals surface area (Å²) in [5.41, 5.74) is -4.52. The zero-order valence-corrected chi connectivity index (χ0v) is 19.1. The summed E-state index contributed by atoms with van der Waals surface area (Å²) in [6.45, 7) is 12.2. The van der Waals surface area contributed by atoms with Gasteiger partial charge in [0, 0.05) is 5.92 Å². The lowest BCUT2D eigenvalue weighted by atomic mass is 9.46. The van der Waals surface area contributed by atoms with Crippen molar-refractivity contribution in [2.24, 2.45) is 11.3 Å². The van der Waals surface area contributed by atoms with Crippen LogP contribution in [0.4, 0.5) is 0 Å². The van der Waals surface area contributed by atoms with Crippen LogP contribution in [0.2, 0.25) is 18.1 Å². The highest BCUT2D eigenvalue weighted by Gasteiger charge is 2.79. The fraction of sp³-hybridized carbons (Fsp3) is 0.950. The molecule has 0 radical (unpaired) electrons. The van der Waals surface area contributed by atoms with Crippen molar-refractivity contribution in [2.75, 3.05) is 7.11 Å². The van der Waals surface area contributed by atoms with Crippen LogP contribution in [0.25, 0.3) is 0 Å². The van der Waals surface area contributed by atoms with E-state index in [9.17, 15) is 20.1 Å². The van der Waals surface area contributed by atoms with Crippen LogP contribution in [0.15, 0.2) is 0 Å². The molecule has 2 bridgehead atoms. The van der Waals surface area contributed by atoms with Crippen molar-refractivity contribution in [1.29, 1.82) is 0 Å². The molecule has 0 aromatic carbocycles. The minimum atomic E-state index is -2.36. The van der Waals surface area contributed by atoms with Crippen LogP contribution in [0.1, 0.15) is 53.4 Å². The molecule has 162 valence electrons. The van der Waals surface area contributed by atoms with E-state index in [4.69, 9.17) is 13.9 Å². The summed E-state index contributed by atoms with van der Waals surface area (Å²) < 4.78 is 17.7. The van der Waals surface area contributed by atoms with Gasteiger partial charge >= 0.3 is 5.97 Å². The predicted molar refractivity (Wildman–Crippen MR) is 105 cm³/mol. The third kappa shape index (κ3) is 2.68. The number of rotatable bonds is 3. The highest BCUT2D eigenvalue weighted by molar-refractivity contribution is 6.74. The van der Waals surface area contributed by atoms with Crippen LogP contribution in [0.3, 0.4) is 0 Å². The number of aliphatic hydroxyl groups is 3. The van der Waals surface area contributed by atoms with Gasteiger partial charge in [0.1, 0.15) is 11.0 Å². The molecule has 0 aromatic heterocycles. The van der Waals surface area contributed by atoms with Crippen LogP contribution in [-0.4, -0.2) is 66.4 Å². The van der Waals surface area contributed by atoms with Gasteiger partial charge in [0.15, 0.2) is 14.6 Å². The van der Waals surface area contributed by atoms with Gasteiger partial charge in [0.05, 0.1) is 24.9 Å². The average molecular weight is 417 g/mol. The summed E-state index contributed by atoms with van der Waals surface area (Å²) in [5, 5.41) is 33.6. The largest absolute Gasteiger partial charge is 0.468 e. The number of aliphatic hydroxyl groups excluding tert-OH is 2. The molecule has 0 aromatic rings. The number of hydrogen-bond acceptors (Lipinski definition) is 7. The predicted octanol–water partition coefficient (Wildman–Crippen LogP) is 1.94. The van der Waals surface area contributed by atoms with Crippen LogP contribution < -0.4 is 0 Å². The molecule has 8 heteroatoms. The van der Waals surface area contributed by atoms with Crippen LogP contribution in [0.5, 0.6) is 0 Å². The topological polar surface area (TPSA) is 105 Å². The van der Waals surface area contributed by atoms with Crippen molar-refractivity contribution in [3.05, 3.63) is 0 Å². The zero-order chi connectivity index (χ0) is 21.3. The number of carbonyl (C=O) groups is 1. The van der Waals surface area contributed by atoms with Crippen LogP contribution in [0, 0.1) is 11.3 Å². The summed E-state index contributed by atoms with van der Waals surface area (Å²) in [6, 6.07) is 0. The lowest BCUT2D eigenvalue weighted by molar-refractivity contribution is -0.384. The molecule has 0 spiro atoms. The molecule has 0 amide bonds. The normalized spacial score (nSPS) is 46.2. The van der Waals surface area contributed by atoms with E-state index in [1.807, 2.05) is 0 Å². The third-order valence-electron chi connectivity index (χ3n) is 8.11. The first-order valence-corrected chi connectivity index (χ1v) is 13.1. The Kier molecular flexibility index (Phi) is 5.14. The highest BCUT2D eigenvalue weighted by Crippen LogP contribution is 2.64.